The summed E-state index contributed by atoms with van der Waals surface area (Å²) in [7, 11) is -4.01. The highest BCUT2D eigenvalue weighted by atomic mass is 32.2. The summed E-state index contributed by atoms with van der Waals surface area (Å²) in [4.78, 5) is 15.8. The summed E-state index contributed by atoms with van der Waals surface area (Å²) >= 11 is 0. The highest BCUT2D eigenvalue weighted by Crippen LogP contribution is 2.24. The van der Waals surface area contributed by atoms with Gasteiger partial charge in [0.15, 0.2) is 12.4 Å². The Morgan fingerprint density at radius 3 is 2.64 bits per heavy atom. The molecule has 1 aromatic carbocycles. The molecule has 8 nitrogen and oxygen atoms in total. The van der Waals surface area contributed by atoms with Crippen LogP contribution in [0.25, 0.3) is 0 Å². The Balaban J connectivity index is 1.75. The number of carbonyl (C=O) groups is 1. The molecule has 28 heavy (non-hydrogen) atoms. The van der Waals surface area contributed by atoms with Crippen LogP contribution in [-0.2, 0) is 21.4 Å². The van der Waals surface area contributed by atoms with Gasteiger partial charge in [0.05, 0.1) is 5.56 Å². The van der Waals surface area contributed by atoms with Crippen LogP contribution in [0.1, 0.15) is 61.1 Å². The zero-order valence-corrected chi connectivity index (χ0v) is 16.5. The molecule has 152 valence electrons. The van der Waals surface area contributed by atoms with E-state index in [4.69, 9.17) is 9.26 Å². The zero-order chi connectivity index (χ0) is 20.3. The maximum absolute atomic E-state index is 14.2. The van der Waals surface area contributed by atoms with E-state index in [2.05, 4.69) is 10.1 Å². The molecule has 1 fully saturated rings. The minimum absolute atomic E-state index is 0.0628. The summed E-state index contributed by atoms with van der Waals surface area (Å²) in [5.74, 6) is -1.03. The normalized spacial score (nSPS) is 15.7. The van der Waals surface area contributed by atoms with Gasteiger partial charge in [-0.15, -0.1) is 0 Å². The van der Waals surface area contributed by atoms with Crippen molar-refractivity contribution in [3.8, 4) is 0 Å². The Kier molecular flexibility index (Phi) is 6.09. The van der Waals surface area contributed by atoms with Gasteiger partial charge in [0.1, 0.15) is 10.7 Å². The molecule has 1 aliphatic heterocycles. The number of sulfonamides is 1. The number of halogens is 1. The SMILES string of the molecule is CC(C)c1noc(COC(=O)c2ccc(F)c(S(=O)(=O)N3CCCCC3)c2)n1. The van der Waals surface area contributed by atoms with E-state index in [1.165, 1.54) is 10.4 Å². The summed E-state index contributed by atoms with van der Waals surface area (Å²) in [6.45, 7) is 4.20. The topological polar surface area (TPSA) is 103 Å². The maximum atomic E-state index is 14.2. The van der Waals surface area contributed by atoms with Crippen molar-refractivity contribution in [2.45, 2.75) is 50.5 Å². The molecule has 1 aliphatic rings. The van der Waals surface area contributed by atoms with Crippen LogP contribution in [0.2, 0.25) is 0 Å². The molecule has 0 aliphatic carbocycles. The van der Waals surface area contributed by atoms with Crippen molar-refractivity contribution in [1.82, 2.24) is 14.4 Å². The number of ether oxygens (including phenoxy) is 1. The van der Waals surface area contributed by atoms with Crippen LogP contribution in [0.3, 0.4) is 0 Å². The average molecular weight is 411 g/mol. The number of hydrogen-bond donors (Lipinski definition) is 0. The van der Waals surface area contributed by atoms with Gasteiger partial charge in [-0.2, -0.15) is 9.29 Å². The van der Waals surface area contributed by atoms with Crippen LogP contribution in [-0.4, -0.2) is 41.9 Å². The number of carbonyl (C=O) groups excluding carboxylic acids is 1. The number of piperidine rings is 1. The first-order valence-electron chi connectivity index (χ1n) is 9.08. The minimum atomic E-state index is -4.01. The quantitative estimate of drug-likeness (QED) is 0.674. The minimum Gasteiger partial charge on any atom is -0.452 e. The van der Waals surface area contributed by atoms with E-state index in [0.29, 0.717) is 18.9 Å². The van der Waals surface area contributed by atoms with Gasteiger partial charge in [0, 0.05) is 19.0 Å². The molecule has 0 atom stereocenters. The molecule has 0 radical (unpaired) electrons. The lowest BCUT2D eigenvalue weighted by Crippen LogP contribution is -2.36. The van der Waals surface area contributed by atoms with Gasteiger partial charge < -0.3 is 9.26 Å². The summed E-state index contributed by atoms with van der Waals surface area (Å²) < 4.78 is 51.0. The lowest BCUT2D eigenvalue weighted by atomic mass is 10.2. The van der Waals surface area contributed by atoms with Gasteiger partial charge in [-0.25, -0.2) is 17.6 Å². The molecule has 0 bridgehead atoms. The number of esters is 1. The number of benzene rings is 1. The van der Waals surface area contributed by atoms with Gasteiger partial charge in [-0.3, -0.25) is 0 Å². The van der Waals surface area contributed by atoms with Gasteiger partial charge in [0.25, 0.3) is 5.89 Å². The monoisotopic (exact) mass is 411 g/mol. The molecule has 3 rings (SSSR count). The second kappa shape index (κ2) is 8.36. The van der Waals surface area contributed by atoms with Crippen molar-refractivity contribution in [1.29, 1.82) is 0 Å². The van der Waals surface area contributed by atoms with E-state index in [-0.39, 0.29) is 24.0 Å². The standard InChI is InChI=1S/C18H22FN3O5S/c1-12(2)17-20-16(27-21-17)11-26-18(23)13-6-7-14(19)15(10-13)28(24,25)22-8-4-3-5-9-22/h6-7,10,12H,3-5,8-9,11H2,1-2H3. The van der Waals surface area contributed by atoms with E-state index in [1.807, 2.05) is 13.8 Å². The highest BCUT2D eigenvalue weighted by Gasteiger charge is 2.29. The van der Waals surface area contributed by atoms with E-state index in [0.717, 1.165) is 31.4 Å². The van der Waals surface area contributed by atoms with E-state index in [1.54, 1.807) is 0 Å². The lowest BCUT2D eigenvalue weighted by molar-refractivity contribution is 0.0429. The predicted molar refractivity (Wildman–Crippen MR) is 96.5 cm³/mol. The number of aromatic nitrogens is 2. The Hall–Kier alpha value is -2.33. The van der Waals surface area contributed by atoms with Crippen LogP contribution in [0.5, 0.6) is 0 Å². The van der Waals surface area contributed by atoms with Gasteiger partial charge >= 0.3 is 5.97 Å². The van der Waals surface area contributed by atoms with Crippen molar-refractivity contribution >= 4 is 16.0 Å². The van der Waals surface area contributed by atoms with Crippen LogP contribution in [0.15, 0.2) is 27.6 Å². The van der Waals surface area contributed by atoms with Crippen molar-refractivity contribution < 1.29 is 26.9 Å². The molecule has 0 saturated carbocycles. The van der Waals surface area contributed by atoms with Crippen molar-refractivity contribution in [2.75, 3.05) is 13.1 Å². The van der Waals surface area contributed by atoms with Gasteiger partial charge in [-0.05, 0) is 31.0 Å². The van der Waals surface area contributed by atoms with Gasteiger partial charge in [-0.1, -0.05) is 25.4 Å². The molecule has 1 saturated heterocycles. The number of rotatable bonds is 6. The number of nitrogens with zero attached hydrogens (tertiary/aromatic N) is 3. The Morgan fingerprint density at radius 2 is 2.00 bits per heavy atom. The third-order valence-corrected chi connectivity index (χ3v) is 6.34. The second-order valence-corrected chi connectivity index (χ2v) is 8.79. The van der Waals surface area contributed by atoms with E-state index in [9.17, 15) is 17.6 Å². The Morgan fingerprint density at radius 1 is 1.29 bits per heavy atom. The first kappa shape index (κ1) is 20.4. The number of hydrogen-bond acceptors (Lipinski definition) is 7. The largest absolute Gasteiger partial charge is 0.452 e. The fourth-order valence-electron chi connectivity index (χ4n) is 2.84. The molecule has 0 N–H and O–H groups in total. The Labute approximate surface area is 162 Å². The van der Waals surface area contributed by atoms with Crippen LogP contribution in [0, 0.1) is 5.82 Å². The smallest absolute Gasteiger partial charge is 0.338 e. The molecule has 2 aromatic rings. The van der Waals surface area contributed by atoms with Crippen LogP contribution >= 0.6 is 0 Å². The van der Waals surface area contributed by atoms with Crippen molar-refractivity contribution in [3.05, 3.63) is 41.3 Å². The molecular weight excluding hydrogens is 389 g/mol. The molecule has 2 heterocycles. The molecule has 0 unspecified atom stereocenters. The highest BCUT2D eigenvalue weighted by molar-refractivity contribution is 7.89. The van der Waals surface area contributed by atoms with Crippen LogP contribution in [0.4, 0.5) is 4.39 Å². The van der Waals surface area contributed by atoms with Crippen molar-refractivity contribution in [2.24, 2.45) is 0 Å². The zero-order valence-electron chi connectivity index (χ0n) is 15.7. The fraction of sp³-hybridized carbons (Fsp3) is 0.500. The summed E-state index contributed by atoms with van der Waals surface area (Å²) in [5.41, 5.74) is -0.0689. The van der Waals surface area contributed by atoms with E-state index >= 15 is 0 Å². The first-order chi connectivity index (χ1) is 13.3. The molecule has 0 spiro atoms. The van der Waals surface area contributed by atoms with Crippen molar-refractivity contribution in [3.63, 3.8) is 0 Å². The fourth-order valence-corrected chi connectivity index (χ4v) is 4.45. The molecule has 10 heteroatoms. The predicted octanol–water partition coefficient (Wildman–Crippen LogP) is 2.86. The van der Waals surface area contributed by atoms with Crippen LogP contribution < -0.4 is 0 Å². The molecule has 0 amide bonds. The first-order valence-corrected chi connectivity index (χ1v) is 10.5. The average Bonchev–Trinajstić information content (AvgIpc) is 3.16. The molecule has 1 aromatic heterocycles. The summed E-state index contributed by atoms with van der Waals surface area (Å²) in [6.07, 6.45) is 2.39. The van der Waals surface area contributed by atoms with Gasteiger partial charge in [0.2, 0.25) is 10.0 Å². The lowest BCUT2D eigenvalue weighted by Gasteiger charge is -2.26. The van der Waals surface area contributed by atoms with E-state index < -0.39 is 26.7 Å². The second-order valence-electron chi connectivity index (χ2n) is 6.89. The molecular formula is C18H22FN3O5S. The summed E-state index contributed by atoms with van der Waals surface area (Å²) in [5, 5.41) is 3.76. The Bertz CT molecular complexity index is 952. The summed E-state index contributed by atoms with van der Waals surface area (Å²) in [6, 6.07) is 3.15. The third kappa shape index (κ3) is 4.39. The third-order valence-electron chi connectivity index (χ3n) is 4.43. The maximum Gasteiger partial charge on any atom is 0.338 e.